The van der Waals surface area contributed by atoms with E-state index in [4.69, 9.17) is 0 Å². The van der Waals surface area contributed by atoms with Crippen molar-refractivity contribution in [1.82, 2.24) is 9.80 Å². The van der Waals surface area contributed by atoms with Gasteiger partial charge in [0.05, 0.1) is 6.04 Å². The highest BCUT2D eigenvalue weighted by Crippen LogP contribution is 2.29. The minimum Gasteiger partial charge on any atom is -0.334 e. The Hall–Kier alpha value is -2.82. The molecule has 3 rings (SSSR count). The monoisotopic (exact) mass is 365 g/mol. The van der Waals surface area contributed by atoms with Crippen LogP contribution in [-0.4, -0.2) is 41.4 Å². The van der Waals surface area contributed by atoms with Gasteiger partial charge in [-0.25, -0.2) is 4.79 Å². The summed E-state index contributed by atoms with van der Waals surface area (Å²) in [4.78, 5) is 29.1. The summed E-state index contributed by atoms with van der Waals surface area (Å²) in [5, 5.41) is 2.88. The van der Waals surface area contributed by atoms with E-state index in [1.807, 2.05) is 54.3 Å². The number of nitrogens with one attached hydrogen (secondary N) is 1. The summed E-state index contributed by atoms with van der Waals surface area (Å²) >= 11 is 0. The third kappa shape index (κ3) is 4.48. The SMILES string of the molecule is CCCN(CC(=O)N1CCc2ccccc2C1C)C(=O)Nc1ccccc1. The van der Waals surface area contributed by atoms with Gasteiger partial charge in [-0.3, -0.25) is 4.79 Å². The summed E-state index contributed by atoms with van der Waals surface area (Å²) < 4.78 is 0. The van der Waals surface area contributed by atoms with Crippen molar-refractivity contribution >= 4 is 17.6 Å². The number of amides is 3. The molecular weight excluding hydrogens is 338 g/mol. The van der Waals surface area contributed by atoms with Gasteiger partial charge >= 0.3 is 6.03 Å². The van der Waals surface area contributed by atoms with Crippen molar-refractivity contribution in [3.8, 4) is 0 Å². The zero-order chi connectivity index (χ0) is 19.2. The Bertz CT molecular complexity index is 791. The van der Waals surface area contributed by atoms with E-state index in [2.05, 4.69) is 24.4 Å². The molecule has 1 heterocycles. The molecule has 2 aromatic rings. The number of anilines is 1. The molecule has 0 saturated heterocycles. The van der Waals surface area contributed by atoms with Gasteiger partial charge in [-0.05, 0) is 43.0 Å². The van der Waals surface area contributed by atoms with E-state index in [-0.39, 0.29) is 24.5 Å². The fraction of sp³-hybridized carbons (Fsp3) is 0.364. The van der Waals surface area contributed by atoms with Crippen molar-refractivity contribution in [2.45, 2.75) is 32.7 Å². The third-order valence-corrected chi connectivity index (χ3v) is 5.05. The molecular formula is C22H27N3O2. The minimum absolute atomic E-state index is 0.00587. The van der Waals surface area contributed by atoms with Gasteiger partial charge in [0.2, 0.25) is 5.91 Å². The maximum absolute atomic E-state index is 13.0. The standard InChI is InChI=1S/C22H27N3O2/c1-3-14-24(22(27)23-19-10-5-4-6-11-19)16-21(26)25-15-13-18-9-7-8-12-20(18)17(25)2/h4-12,17H,3,13-16H2,1-2H3,(H,23,27). The first kappa shape index (κ1) is 19.0. The molecule has 1 aliphatic rings. The zero-order valence-corrected chi connectivity index (χ0v) is 16.0. The van der Waals surface area contributed by atoms with E-state index in [0.29, 0.717) is 13.1 Å². The molecule has 0 aromatic heterocycles. The van der Waals surface area contributed by atoms with Gasteiger partial charge in [-0.15, -0.1) is 0 Å². The number of para-hydroxylation sites is 1. The number of hydrogen-bond acceptors (Lipinski definition) is 2. The van der Waals surface area contributed by atoms with Gasteiger partial charge in [-0.1, -0.05) is 49.4 Å². The number of fused-ring (bicyclic) bond motifs is 1. The zero-order valence-electron chi connectivity index (χ0n) is 16.0. The van der Waals surface area contributed by atoms with Gasteiger partial charge in [0.1, 0.15) is 6.54 Å². The van der Waals surface area contributed by atoms with Crippen LogP contribution in [0.25, 0.3) is 0 Å². The molecule has 1 aliphatic heterocycles. The maximum Gasteiger partial charge on any atom is 0.322 e. The second-order valence-corrected chi connectivity index (χ2v) is 6.93. The molecule has 5 nitrogen and oxygen atoms in total. The minimum atomic E-state index is -0.235. The summed E-state index contributed by atoms with van der Waals surface area (Å²) in [6, 6.07) is 17.4. The molecule has 0 fully saturated rings. The Morgan fingerprint density at radius 1 is 1.11 bits per heavy atom. The molecule has 1 atom stereocenters. The number of benzene rings is 2. The maximum atomic E-state index is 13.0. The summed E-state index contributed by atoms with van der Waals surface area (Å²) in [7, 11) is 0. The molecule has 0 radical (unpaired) electrons. The smallest absolute Gasteiger partial charge is 0.322 e. The fourth-order valence-electron chi connectivity index (χ4n) is 3.61. The fourth-order valence-corrected chi connectivity index (χ4v) is 3.61. The molecule has 1 N–H and O–H groups in total. The average molecular weight is 365 g/mol. The van der Waals surface area contributed by atoms with Gasteiger partial charge < -0.3 is 15.1 Å². The molecule has 0 bridgehead atoms. The molecule has 142 valence electrons. The van der Waals surface area contributed by atoms with Crippen LogP contribution in [0.2, 0.25) is 0 Å². The molecule has 0 spiro atoms. The highest BCUT2D eigenvalue weighted by molar-refractivity contribution is 5.92. The molecule has 0 aliphatic carbocycles. The quantitative estimate of drug-likeness (QED) is 0.868. The largest absolute Gasteiger partial charge is 0.334 e. The lowest BCUT2D eigenvalue weighted by molar-refractivity contribution is -0.134. The van der Waals surface area contributed by atoms with E-state index in [9.17, 15) is 9.59 Å². The van der Waals surface area contributed by atoms with Crippen molar-refractivity contribution in [2.24, 2.45) is 0 Å². The lowest BCUT2D eigenvalue weighted by Crippen LogP contribution is -2.47. The van der Waals surface area contributed by atoms with Crippen LogP contribution < -0.4 is 5.32 Å². The van der Waals surface area contributed by atoms with Gasteiger partial charge in [-0.2, -0.15) is 0 Å². The topological polar surface area (TPSA) is 52.7 Å². The summed E-state index contributed by atoms with van der Waals surface area (Å²) in [6.07, 6.45) is 1.66. The Balaban J connectivity index is 1.67. The number of rotatable bonds is 5. The molecule has 0 saturated carbocycles. The van der Waals surface area contributed by atoms with Gasteiger partial charge in [0.25, 0.3) is 0 Å². The number of carbonyl (C=O) groups excluding carboxylic acids is 2. The number of hydrogen-bond donors (Lipinski definition) is 1. The Morgan fingerprint density at radius 3 is 2.56 bits per heavy atom. The molecule has 5 heteroatoms. The Morgan fingerprint density at radius 2 is 1.81 bits per heavy atom. The van der Waals surface area contributed by atoms with Crippen LogP contribution >= 0.6 is 0 Å². The van der Waals surface area contributed by atoms with Crippen LogP contribution in [0.4, 0.5) is 10.5 Å². The highest BCUT2D eigenvalue weighted by atomic mass is 16.2. The van der Waals surface area contributed by atoms with Crippen molar-refractivity contribution in [2.75, 3.05) is 25.0 Å². The van der Waals surface area contributed by atoms with Crippen molar-refractivity contribution in [1.29, 1.82) is 0 Å². The van der Waals surface area contributed by atoms with Gasteiger partial charge in [0, 0.05) is 18.8 Å². The number of carbonyl (C=O) groups is 2. The van der Waals surface area contributed by atoms with E-state index in [1.54, 1.807) is 4.90 Å². The van der Waals surface area contributed by atoms with Crippen molar-refractivity contribution < 1.29 is 9.59 Å². The number of nitrogens with zero attached hydrogens (tertiary/aromatic N) is 2. The van der Waals surface area contributed by atoms with Crippen LogP contribution in [-0.2, 0) is 11.2 Å². The third-order valence-electron chi connectivity index (χ3n) is 5.05. The van der Waals surface area contributed by atoms with E-state index < -0.39 is 0 Å². The summed E-state index contributed by atoms with van der Waals surface area (Å²) in [6.45, 7) is 5.40. The normalized spacial score (nSPS) is 15.8. The lowest BCUT2D eigenvalue weighted by Gasteiger charge is -2.36. The second kappa shape index (κ2) is 8.71. The Kier molecular flexibility index (Phi) is 6.12. The van der Waals surface area contributed by atoms with Crippen LogP contribution in [0.3, 0.4) is 0 Å². The summed E-state index contributed by atoms with van der Waals surface area (Å²) in [5.41, 5.74) is 3.24. The van der Waals surface area contributed by atoms with Crippen LogP contribution in [0.15, 0.2) is 54.6 Å². The lowest BCUT2D eigenvalue weighted by atomic mass is 9.93. The van der Waals surface area contributed by atoms with Gasteiger partial charge in [0.15, 0.2) is 0 Å². The molecule has 2 aromatic carbocycles. The van der Waals surface area contributed by atoms with Crippen molar-refractivity contribution in [3.05, 3.63) is 65.7 Å². The number of urea groups is 1. The van der Waals surface area contributed by atoms with Crippen LogP contribution in [0, 0.1) is 0 Å². The first-order valence-electron chi connectivity index (χ1n) is 9.58. The first-order chi connectivity index (χ1) is 13.1. The van der Waals surface area contributed by atoms with E-state index >= 15 is 0 Å². The molecule has 27 heavy (non-hydrogen) atoms. The Labute approximate surface area is 161 Å². The van der Waals surface area contributed by atoms with E-state index in [1.165, 1.54) is 11.1 Å². The first-order valence-corrected chi connectivity index (χ1v) is 9.58. The molecule has 3 amide bonds. The second-order valence-electron chi connectivity index (χ2n) is 6.93. The van der Waals surface area contributed by atoms with Crippen LogP contribution in [0.5, 0.6) is 0 Å². The predicted molar refractivity (Wildman–Crippen MR) is 108 cm³/mol. The predicted octanol–water partition coefficient (Wildman–Crippen LogP) is 4.08. The van der Waals surface area contributed by atoms with Crippen LogP contribution in [0.1, 0.15) is 37.4 Å². The highest BCUT2D eigenvalue weighted by Gasteiger charge is 2.29. The summed E-state index contributed by atoms with van der Waals surface area (Å²) in [5.74, 6) is -0.00587. The molecule has 1 unspecified atom stereocenters. The van der Waals surface area contributed by atoms with Crippen molar-refractivity contribution in [3.63, 3.8) is 0 Å². The average Bonchev–Trinajstić information content (AvgIpc) is 2.69. The van der Waals surface area contributed by atoms with E-state index in [0.717, 1.165) is 18.5 Å².